The van der Waals surface area contributed by atoms with Gasteiger partial charge in [0.1, 0.15) is 5.75 Å². The van der Waals surface area contributed by atoms with Crippen LogP contribution in [0.25, 0.3) is 0 Å². The van der Waals surface area contributed by atoms with Gasteiger partial charge in [-0.1, -0.05) is 41.9 Å². The van der Waals surface area contributed by atoms with E-state index in [1.165, 1.54) is 37.9 Å². The van der Waals surface area contributed by atoms with Crippen LogP contribution in [0.1, 0.15) is 5.56 Å². The lowest BCUT2D eigenvalue weighted by atomic mass is 10.2. The van der Waals surface area contributed by atoms with Crippen LogP contribution in [0.2, 0.25) is 5.02 Å². The first-order chi connectivity index (χ1) is 14.3. The maximum absolute atomic E-state index is 12.5. The topological polar surface area (TPSA) is 70.2 Å². The van der Waals surface area contributed by atoms with Gasteiger partial charge in [0.2, 0.25) is 10.0 Å². The van der Waals surface area contributed by atoms with Gasteiger partial charge in [0.05, 0.1) is 9.92 Å². The molecule has 1 fully saturated rings. The molecule has 3 rings (SSSR count). The third-order valence-electron chi connectivity index (χ3n) is 5.01. The molecule has 1 amide bonds. The van der Waals surface area contributed by atoms with Crippen molar-refractivity contribution in [1.29, 1.82) is 0 Å². The maximum Gasteiger partial charge on any atom is 0.260 e. The smallest absolute Gasteiger partial charge is 0.260 e. The average Bonchev–Trinajstić information content (AvgIpc) is 2.73. The monoisotopic (exact) mass is 451 g/mol. The van der Waals surface area contributed by atoms with E-state index >= 15 is 0 Å². The van der Waals surface area contributed by atoms with E-state index in [0.29, 0.717) is 13.1 Å². The molecule has 162 valence electrons. The number of hydrogen-bond acceptors (Lipinski definition) is 5. The summed E-state index contributed by atoms with van der Waals surface area (Å²) in [4.78, 5) is 16.7. The van der Waals surface area contributed by atoms with Crippen molar-refractivity contribution in [3.63, 3.8) is 0 Å². The molecule has 1 saturated heterocycles. The number of rotatable bonds is 7. The van der Waals surface area contributed by atoms with Gasteiger partial charge < -0.3 is 9.64 Å². The molecule has 1 heterocycles. The first-order valence-corrected chi connectivity index (χ1v) is 11.5. The second-order valence-electron chi connectivity index (χ2n) is 7.31. The van der Waals surface area contributed by atoms with Crippen molar-refractivity contribution in [1.82, 2.24) is 14.1 Å². The highest BCUT2D eigenvalue weighted by atomic mass is 35.5. The minimum Gasteiger partial charge on any atom is -0.482 e. The predicted octanol–water partition coefficient (Wildman–Crippen LogP) is 2.31. The lowest BCUT2D eigenvalue weighted by molar-refractivity contribution is -0.135. The number of piperazine rings is 1. The molecule has 0 spiro atoms. The molecule has 0 bridgehead atoms. The summed E-state index contributed by atoms with van der Waals surface area (Å²) in [6.45, 7) is 3.62. The summed E-state index contributed by atoms with van der Waals surface area (Å²) in [6.07, 6.45) is 0. The molecular formula is C21H26ClN3O4S. The Kier molecular flexibility index (Phi) is 7.36. The predicted molar refractivity (Wildman–Crippen MR) is 116 cm³/mol. The quantitative estimate of drug-likeness (QED) is 0.646. The standard InChI is InChI=1S/C21H26ClN3O4S/c1-23(2)30(27,28)18-8-9-20(19(22)14-18)29-16-21(26)25-12-10-24(11-13-25)15-17-6-4-3-5-7-17/h3-9,14H,10-13,15-16H2,1-2H3. The Morgan fingerprint density at radius 1 is 1.07 bits per heavy atom. The summed E-state index contributed by atoms with van der Waals surface area (Å²) in [7, 11) is -0.678. The van der Waals surface area contributed by atoms with Crippen molar-refractivity contribution in [2.45, 2.75) is 11.4 Å². The Hall–Kier alpha value is -2.13. The molecular weight excluding hydrogens is 426 g/mol. The third-order valence-corrected chi connectivity index (χ3v) is 7.11. The van der Waals surface area contributed by atoms with Crippen molar-refractivity contribution in [3.05, 3.63) is 59.1 Å². The molecule has 0 N–H and O–H groups in total. The van der Waals surface area contributed by atoms with Crippen LogP contribution in [-0.4, -0.2) is 75.3 Å². The second kappa shape index (κ2) is 9.78. The maximum atomic E-state index is 12.5. The number of amides is 1. The third kappa shape index (κ3) is 5.51. The second-order valence-corrected chi connectivity index (χ2v) is 9.87. The zero-order valence-electron chi connectivity index (χ0n) is 17.1. The summed E-state index contributed by atoms with van der Waals surface area (Å²) in [5, 5.41) is 0.151. The molecule has 0 aromatic heterocycles. The molecule has 0 radical (unpaired) electrons. The molecule has 2 aromatic carbocycles. The summed E-state index contributed by atoms with van der Waals surface area (Å²) < 4.78 is 31.0. The van der Waals surface area contributed by atoms with Gasteiger partial charge in [-0.05, 0) is 23.8 Å². The van der Waals surface area contributed by atoms with E-state index < -0.39 is 10.0 Å². The Balaban J connectivity index is 1.50. The normalized spacial score (nSPS) is 15.4. The van der Waals surface area contributed by atoms with E-state index in [1.54, 1.807) is 4.90 Å². The minimum atomic E-state index is -3.58. The van der Waals surface area contributed by atoms with Crippen molar-refractivity contribution in [2.24, 2.45) is 0 Å². The number of carbonyl (C=O) groups is 1. The first-order valence-electron chi connectivity index (χ1n) is 9.66. The van der Waals surface area contributed by atoms with Crippen LogP contribution in [0.4, 0.5) is 0 Å². The largest absolute Gasteiger partial charge is 0.482 e. The Morgan fingerprint density at radius 2 is 1.73 bits per heavy atom. The SMILES string of the molecule is CN(C)S(=O)(=O)c1ccc(OCC(=O)N2CCN(Cc3ccccc3)CC2)c(Cl)c1. The van der Waals surface area contributed by atoms with E-state index in [1.807, 2.05) is 18.2 Å². The lowest BCUT2D eigenvalue weighted by Crippen LogP contribution is -2.49. The number of nitrogens with zero attached hydrogens (tertiary/aromatic N) is 3. The minimum absolute atomic E-state index is 0.0747. The fourth-order valence-corrected chi connectivity index (χ4v) is 4.43. The Labute approximate surface area is 182 Å². The molecule has 0 atom stereocenters. The van der Waals surface area contributed by atoms with Crippen LogP contribution >= 0.6 is 11.6 Å². The van der Waals surface area contributed by atoms with Crippen molar-refractivity contribution in [2.75, 3.05) is 46.9 Å². The Morgan fingerprint density at radius 3 is 2.33 bits per heavy atom. The molecule has 1 aliphatic rings. The molecule has 9 heteroatoms. The summed E-state index contributed by atoms with van der Waals surface area (Å²) in [6, 6.07) is 14.5. The first kappa shape index (κ1) is 22.6. The van der Waals surface area contributed by atoms with E-state index in [0.717, 1.165) is 23.9 Å². The molecule has 2 aromatic rings. The number of sulfonamides is 1. The number of halogens is 1. The highest BCUT2D eigenvalue weighted by Gasteiger charge is 2.22. The fourth-order valence-electron chi connectivity index (χ4n) is 3.20. The van der Waals surface area contributed by atoms with Gasteiger partial charge in [0.15, 0.2) is 6.61 Å². The van der Waals surface area contributed by atoms with E-state index in [4.69, 9.17) is 16.3 Å². The van der Waals surface area contributed by atoms with Crippen molar-refractivity contribution in [3.8, 4) is 5.75 Å². The highest BCUT2D eigenvalue weighted by Crippen LogP contribution is 2.28. The summed E-state index contributed by atoms with van der Waals surface area (Å²) in [5.41, 5.74) is 1.26. The van der Waals surface area contributed by atoms with Crippen LogP contribution in [-0.2, 0) is 21.4 Å². The van der Waals surface area contributed by atoms with Gasteiger partial charge in [0, 0.05) is 46.8 Å². The summed E-state index contributed by atoms with van der Waals surface area (Å²) in [5.74, 6) is 0.167. The molecule has 0 saturated carbocycles. The summed E-state index contributed by atoms with van der Waals surface area (Å²) >= 11 is 6.17. The number of hydrogen-bond donors (Lipinski definition) is 0. The van der Waals surface area contributed by atoms with Gasteiger partial charge in [-0.15, -0.1) is 0 Å². The van der Waals surface area contributed by atoms with Gasteiger partial charge in [-0.2, -0.15) is 0 Å². The number of carbonyl (C=O) groups excluding carboxylic acids is 1. The lowest BCUT2D eigenvalue weighted by Gasteiger charge is -2.34. The van der Waals surface area contributed by atoms with Gasteiger partial charge in [-0.3, -0.25) is 9.69 Å². The van der Waals surface area contributed by atoms with E-state index in [9.17, 15) is 13.2 Å². The average molecular weight is 452 g/mol. The molecule has 30 heavy (non-hydrogen) atoms. The van der Waals surface area contributed by atoms with Crippen molar-refractivity contribution >= 4 is 27.5 Å². The van der Waals surface area contributed by atoms with E-state index in [-0.39, 0.29) is 28.2 Å². The zero-order valence-corrected chi connectivity index (χ0v) is 18.7. The fraction of sp³-hybridized carbons (Fsp3) is 0.381. The van der Waals surface area contributed by atoms with Crippen LogP contribution in [0, 0.1) is 0 Å². The van der Waals surface area contributed by atoms with Crippen molar-refractivity contribution < 1.29 is 17.9 Å². The number of ether oxygens (including phenoxy) is 1. The van der Waals surface area contributed by atoms with Gasteiger partial charge in [0.25, 0.3) is 5.91 Å². The molecule has 0 aliphatic carbocycles. The highest BCUT2D eigenvalue weighted by molar-refractivity contribution is 7.89. The Bertz CT molecular complexity index is 975. The zero-order chi connectivity index (χ0) is 21.7. The molecule has 0 unspecified atom stereocenters. The van der Waals surface area contributed by atoms with E-state index in [2.05, 4.69) is 17.0 Å². The molecule has 7 nitrogen and oxygen atoms in total. The van der Waals surface area contributed by atoms with Gasteiger partial charge >= 0.3 is 0 Å². The van der Waals surface area contributed by atoms with Gasteiger partial charge in [-0.25, -0.2) is 12.7 Å². The van der Waals surface area contributed by atoms with Crippen LogP contribution in [0.15, 0.2) is 53.4 Å². The molecule has 1 aliphatic heterocycles. The van der Waals surface area contributed by atoms with Crippen LogP contribution in [0.5, 0.6) is 5.75 Å². The number of benzene rings is 2. The van der Waals surface area contributed by atoms with Crippen LogP contribution < -0.4 is 4.74 Å². The van der Waals surface area contributed by atoms with Crippen LogP contribution in [0.3, 0.4) is 0 Å².